The van der Waals surface area contributed by atoms with Crippen LogP contribution in [0.25, 0.3) is 0 Å². The van der Waals surface area contributed by atoms with Gasteiger partial charge in [-0.15, -0.1) is 22.9 Å². The summed E-state index contributed by atoms with van der Waals surface area (Å²) >= 11 is 15.4. The SMILES string of the molecule is Cc1ccc(C(Cl)c2cc(Br)c(C)s2)c(Br)c1. The van der Waals surface area contributed by atoms with E-state index in [2.05, 4.69) is 70.0 Å². The van der Waals surface area contributed by atoms with Crippen LogP contribution in [0.15, 0.2) is 33.2 Å². The maximum atomic E-state index is 6.53. The summed E-state index contributed by atoms with van der Waals surface area (Å²) in [5.74, 6) is 0. The first kappa shape index (κ1) is 13.6. The maximum absolute atomic E-state index is 6.53. The van der Waals surface area contributed by atoms with E-state index in [0.29, 0.717) is 0 Å². The molecular weight excluding hydrogens is 383 g/mol. The van der Waals surface area contributed by atoms with Crippen molar-refractivity contribution in [1.82, 2.24) is 0 Å². The minimum absolute atomic E-state index is 0.0972. The molecule has 0 nitrogen and oxygen atoms in total. The van der Waals surface area contributed by atoms with Crippen molar-refractivity contribution >= 4 is 54.8 Å². The third-order valence-corrected chi connectivity index (χ3v) is 6.04. The Hall–Kier alpha value is 0.170. The molecule has 1 aromatic carbocycles. The van der Waals surface area contributed by atoms with Crippen LogP contribution in [0.5, 0.6) is 0 Å². The number of alkyl halides is 1. The number of aryl methyl sites for hydroxylation is 2. The van der Waals surface area contributed by atoms with Gasteiger partial charge in [0, 0.05) is 18.7 Å². The van der Waals surface area contributed by atoms with E-state index in [1.165, 1.54) is 15.3 Å². The van der Waals surface area contributed by atoms with Crippen LogP contribution < -0.4 is 0 Å². The summed E-state index contributed by atoms with van der Waals surface area (Å²) in [4.78, 5) is 2.43. The van der Waals surface area contributed by atoms with Crippen LogP contribution in [0.2, 0.25) is 0 Å². The molecule has 1 unspecified atom stereocenters. The fourth-order valence-corrected chi connectivity index (χ4v) is 4.40. The van der Waals surface area contributed by atoms with Gasteiger partial charge in [-0.3, -0.25) is 0 Å². The van der Waals surface area contributed by atoms with Crippen molar-refractivity contribution in [3.8, 4) is 0 Å². The van der Waals surface area contributed by atoms with Crippen LogP contribution in [-0.2, 0) is 0 Å². The largest absolute Gasteiger partial charge is 0.143 e. The van der Waals surface area contributed by atoms with Gasteiger partial charge >= 0.3 is 0 Å². The molecule has 1 atom stereocenters. The first-order chi connectivity index (χ1) is 7.99. The Kier molecular flexibility index (Phi) is 4.35. The highest BCUT2D eigenvalue weighted by Crippen LogP contribution is 2.40. The molecule has 0 amide bonds. The van der Waals surface area contributed by atoms with E-state index >= 15 is 0 Å². The number of rotatable bonds is 2. The molecule has 1 aromatic heterocycles. The second kappa shape index (κ2) is 5.43. The zero-order valence-corrected chi connectivity index (χ0v) is 14.2. The second-order valence-electron chi connectivity index (χ2n) is 3.94. The Bertz CT molecular complexity index is 529. The molecule has 0 aliphatic carbocycles. The molecule has 0 radical (unpaired) electrons. The Morgan fingerprint density at radius 1 is 1.12 bits per heavy atom. The van der Waals surface area contributed by atoms with Crippen molar-refractivity contribution in [3.05, 3.63) is 54.1 Å². The van der Waals surface area contributed by atoms with Gasteiger partial charge in [0.15, 0.2) is 0 Å². The Labute approximate surface area is 127 Å². The van der Waals surface area contributed by atoms with Crippen LogP contribution in [0.1, 0.15) is 26.3 Å². The van der Waals surface area contributed by atoms with Gasteiger partial charge in [-0.1, -0.05) is 28.1 Å². The average molecular weight is 395 g/mol. The summed E-state index contributed by atoms with van der Waals surface area (Å²) in [6, 6.07) is 8.37. The van der Waals surface area contributed by atoms with Crippen LogP contribution in [0.3, 0.4) is 0 Å². The van der Waals surface area contributed by atoms with E-state index in [-0.39, 0.29) is 5.38 Å². The average Bonchev–Trinajstić information content (AvgIpc) is 2.58. The summed E-state index contributed by atoms with van der Waals surface area (Å²) in [6.45, 7) is 4.16. The van der Waals surface area contributed by atoms with Crippen molar-refractivity contribution in [2.75, 3.05) is 0 Å². The van der Waals surface area contributed by atoms with Crippen molar-refractivity contribution in [2.24, 2.45) is 0 Å². The van der Waals surface area contributed by atoms with E-state index in [9.17, 15) is 0 Å². The molecule has 2 rings (SSSR count). The lowest BCUT2D eigenvalue weighted by Gasteiger charge is -2.10. The second-order valence-corrected chi connectivity index (χ2v) is 7.37. The lowest BCUT2D eigenvalue weighted by molar-refractivity contribution is 1.16. The Morgan fingerprint density at radius 2 is 1.82 bits per heavy atom. The number of thiophene rings is 1. The Morgan fingerprint density at radius 3 is 2.35 bits per heavy atom. The summed E-state index contributed by atoms with van der Waals surface area (Å²) in [5.41, 5.74) is 2.35. The van der Waals surface area contributed by atoms with E-state index in [1.807, 2.05) is 0 Å². The van der Waals surface area contributed by atoms with E-state index in [1.54, 1.807) is 11.3 Å². The minimum atomic E-state index is -0.0972. The topological polar surface area (TPSA) is 0 Å². The lowest BCUT2D eigenvalue weighted by atomic mass is 10.1. The van der Waals surface area contributed by atoms with E-state index in [0.717, 1.165) is 14.5 Å². The van der Waals surface area contributed by atoms with Gasteiger partial charge in [-0.05, 0) is 53.0 Å². The van der Waals surface area contributed by atoms with Crippen LogP contribution in [0.4, 0.5) is 0 Å². The van der Waals surface area contributed by atoms with Crippen LogP contribution >= 0.6 is 54.8 Å². The third kappa shape index (κ3) is 2.95. The molecule has 0 N–H and O–H groups in total. The van der Waals surface area contributed by atoms with Crippen molar-refractivity contribution in [3.63, 3.8) is 0 Å². The monoisotopic (exact) mass is 392 g/mol. The van der Waals surface area contributed by atoms with Gasteiger partial charge in [-0.2, -0.15) is 0 Å². The first-order valence-corrected chi connectivity index (χ1v) is 7.99. The molecule has 0 aliphatic rings. The summed E-state index contributed by atoms with van der Waals surface area (Å²) in [5, 5.41) is -0.0972. The highest BCUT2D eigenvalue weighted by Gasteiger charge is 2.17. The Balaban J connectivity index is 2.39. The maximum Gasteiger partial charge on any atom is 0.0939 e. The number of hydrogen-bond acceptors (Lipinski definition) is 1. The van der Waals surface area contributed by atoms with Crippen molar-refractivity contribution in [1.29, 1.82) is 0 Å². The molecule has 0 spiro atoms. The number of halogens is 3. The van der Waals surface area contributed by atoms with E-state index in [4.69, 9.17) is 11.6 Å². The smallest absolute Gasteiger partial charge is 0.0939 e. The number of hydrogen-bond donors (Lipinski definition) is 0. The van der Waals surface area contributed by atoms with Crippen molar-refractivity contribution < 1.29 is 0 Å². The lowest BCUT2D eigenvalue weighted by Crippen LogP contribution is -1.92. The summed E-state index contributed by atoms with van der Waals surface area (Å²) < 4.78 is 2.20. The van der Waals surface area contributed by atoms with E-state index < -0.39 is 0 Å². The molecule has 0 bridgehead atoms. The van der Waals surface area contributed by atoms with Gasteiger partial charge in [0.2, 0.25) is 0 Å². The third-order valence-electron chi connectivity index (χ3n) is 2.56. The zero-order valence-electron chi connectivity index (χ0n) is 9.43. The highest BCUT2D eigenvalue weighted by molar-refractivity contribution is 9.10. The quantitative estimate of drug-likeness (QED) is 0.531. The fraction of sp³-hybridized carbons (Fsp3) is 0.231. The van der Waals surface area contributed by atoms with Gasteiger partial charge in [0.1, 0.15) is 0 Å². The molecular formula is C13H11Br2ClS. The normalized spacial score (nSPS) is 12.8. The molecule has 0 fully saturated rings. The predicted molar refractivity (Wildman–Crippen MR) is 83.3 cm³/mol. The molecule has 90 valence electrons. The molecule has 0 saturated heterocycles. The molecule has 4 heteroatoms. The molecule has 2 aromatic rings. The van der Waals surface area contributed by atoms with Gasteiger partial charge in [-0.25, -0.2) is 0 Å². The van der Waals surface area contributed by atoms with Gasteiger partial charge in [0.05, 0.1) is 5.38 Å². The summed E-state index contributed by atoms with van der Waals surface area (Å²) in [7, 11) is 0. The molecule has 0 saturated carbocycles. The van der Waals surface area contributed by atoms with Gasteiger partial charge in [0.25, 0.3) is 0 Å². The minimum Gasteiger partial charge on any atom is -0.143 e. The molecule has 17 heavy (non-hydrogen) atoms. The molecule has 1 heterocycles. The zero-order chi connectivity index (χ0) is 12.6. The van der Waals surface area contributed by atoms with Gasteiger partial charge < -0.3 is 0 Å². The fourth-order valence-electron chi connectivity index (χ4n) is 1.60. The number of benzene rings is 1. The first-order valence-electron chi connectivity index (χ1n) is 5.15. The van der Waals surface area contributed by atoms with Crippen molar-refractivity contribution in [2.45, 2.75) is 19.2 Å². The van der Waals surface area contributed by atoms with Crippen LogP contribution in [-0.4, -0.2) is 0 Å². The highest BCUT2D eigenvalue weighted by atomic mass is 79.9. The van der Waals surface area contributed by atoms with Crippen LogP contribution in [0, 0.1) is 13.8 Å². The molecule has 0 aliphatic heterocycles. The predicted octanol–water partition coefficient (Wildman–Crippen LogP) is 6.22. The summed E-state index contributed by atoms with van der Waals surface area (Å²) in [6.07, 6.45) is 0. The standard InChI is InChI=1S/C13H11Br2ClS/c1-7-3-4-9(11(15)5-7)13(16)12-6-10(14)8(2)17-12/h3-6,13H,1-2H3.